The largest absolute Gasteiger partial charge is 0.511 e. The molecule has 1 aromatic heterocycles. The first-order valence-electron chi connectivity index (χ1n) is 7.57. The zero-order chi connectivity index (χ0) is 20.5. The number of alkyl halides is 6. The average Bonchev–Trinajstić information content (AvgIpc) is 2.53. The number of anilines is 1. The van der Waals surface area contributed by atoms with E-state index in [9.17, 15) is 34.8 Å². The smallest absolute Gasteiger partial charge is 0.353 e. The van der Waals surface area contributed by atoms with E-state index >= 15 is 0 Å². The van der Waals surface area contributed by atoms with Crippen molar-refractivity contribution in [3.8, 4) is 0 Å². The van der Waals surface area contributed by atoms with Gasteiger partial charge in [-0.3, -0.25) is 4.90 Å². The maximum atomic E-state index is 12.6. The van der Waals surface area contributed by atoms with Crippen LogP contribution in [0.4, 0.5) is 32.2 Å². The molecule has 0 unspecified atom stereocenters. The molecule has 6 nitrogen and oxygen atoms in total. The molecule has 1 aromatic rings. The zero-order valence-electron chi connectivity index (χ0n) is 13.6. The number of aromatic nitrogens is 1. The molecule has 1 aliphatic heterocycles. The lowest BCUT2D eigenvalue weighted by Crippen LogP contribution is -2.49. The van der Waals surface area contributed by atoms with Crippen LogP contribution in [0.5, 0.6) is 0 Å². The van der Waals surface area contributed by atoms with Gasteiger partial charge < -0.3 is 4.90 Å². The van der Waals surface area contributed by atoms with Gasteiger partial charge in [-0.1, -0.05) is 11.6 Å². The van der Waals surface area contributed by atoms with Gasteiger partial charge in [0.2, 0.25) is 0 Å². The Morgan fingerprint density at radius 1 is 1.11 bits per heavy atom. The molecule has 2 rings (SSSR count). The number of piperazine rings is 1. The van der Waals surface area contributed by atoms with E-state index in [-0.39, 0.29) is 17.4 Å². The number of nitrogens with zero attached hydrogens (tertiary/aromatic N) is 3. The van der Waals surface area contributed by atoms with E-state index in [2.05, 4.69) is 4.98 Å². The van der Waals surface area contributed by atoms with Crippen molar-refractivity contribution in [3.05, 3.63) is 22.8 Å². The second-order valence-corrected chi connectivity index (χ2v) is 7.87. The van der Waals surface area contributed by atoms with Gasteiger partial charge in [-0.25, -0.2) is 18.1 Å². The summed E-state index contributed by atoms with van der Waals surface area (Å²) in [5.74, 6) is 0.182. The summed E-state index contributed by atoms with van der Waals surface area (Å²) in [5, 5.41) is -0.156. The topological polar surface area (TPSA) is 65.5 Å². The van der Waals surface area contributed by atoms with Gasteiger partial charge in [-0.15, -0.1) is 0 Å². The molecular weight excluding hydrogens is 426 g/mol. The maximum absolute atomic E-state index is 12.6. The van der Waals surface area contributed by atoms with Gasteiger partial charge in [-0.05, 0) is 6.07 Å². The van der Waals surface area contributed by atoms with E-state index in [1.807, 2.05) is 0 Å². The second kappa shape index (κ2) is 7.97. The summed E-state index contributed by atoms with van der Waals surface area (Å²) in [6, 6.07) is 0.780. The third kappa shape index (κ3) is 5.59. The molecule has 1 saturated heterocycles. The summed E-state index contributed by atoms with van der Waals surface area (Å²) in [5.41, 5.74) is -6.33. The molecule has 0 spiro atoms. The molecule has 2 heterocycles. The lowest BCUT2D eigenvalue weighted by Gasteiger charge is -2.35. The van der Waals surface area contributed by atoms with E-state index in [4.69, 9.17) is 11.6 Å². The van der Waals surface area contributed by atoms with Gasteiger partial charge in [0, 0.05) is 45.5 Å². The molecule has 154 valence electrons. The highest BCUT2D eigenvalue weighted by Crippen LogP contribution is 2.33. The van der Waals surface area contributed by atoms with Crippen molar-refractivity contribution in [2.45, 2.75) is 11.7 Å². The van der Waals surface area contributed by atoms with Crippen LogP contribution in [0, 0.1) is 0 Å². The molecule has 0 aromatic carbocycles. The van der Waals surface area contributed by atoms with Gasteiger partial charge in [0.1, 0.15) is 5.82 Å². The summed E-state index contributed by atoms with van der Waals surface area (Å²) in [4.78, 5) is 7.12. The van der Waals surface area contributed by atoms with Crippen molar-refractivity contribution in [1.82, 2.24) is 14.6 Å². The fourth-order valence-electron chi connectivity index (χ4n) is 2.42. The molecule has 0 bridgehead atoms. The van der Waals surface area contributed by atoms with Crippen LogP contribution >= 0.6 is 11.6 Å². The second-order valence-electron chi connectivity index (χ2n) is 5.70. The molecule has 0 aliphatic carbocycles. The van der Waals surface area contributed by atoms with Gasteiger partial charge in [-0.2, -0.15) is 26.3 Å². The maximum Gasteiger partial charge on any atom is 0.511 e. The molecule has 0 amide bonds. The van der Waals surface area contributed by atoms with E-state index in [0.29, 0.717) is 32.4 Å². The molecular formula is C13H15ClF6N4O2S. The number of pyridine rings is 1. The van der Waals surface area contributed by atoms with Crippen LogP contribution in [-0.4, -0.2) is 63.1 Å². The third-order valence-corrected chi connectivity index (χ3v) is 5.32. The van der Waals surface area contributed by atoms with E-state index in [1.54, 1.807) is 9.80 Å². The summed E-state index contributed by atoms with van der Waals surface area (Å²) in [6.45, 7) is 0.992. The van der Waals surface area contributed by atoms with Crippen LogP contribution in [0.25, 0.3) is 0 Å². The van der Waals surface area contributed by atoms with Gasteiger partial charge >= 0.3 is 21.7 Å². The number of halogens is 7. The SMILES string of the molecule is O=S(=O)(NCCN1CCN(c2ncc(C(F)(F)F)cc2Cl)CC1)C(F)(F)F. The molecule has 1 fully saturated rings. The highest BCUT2D eigenvalue weighted by Gasteiger charge is 2.45. The molecule has 0 atom stereocenters. The van der Waals surface area contributed by atoms with Gasteiger partial charge in [0.05, 0.1) is 10.6 Å². The Labute approximate surface area is 156 Å². The minimum absolute atomic E-state index is 0.0529. The number of hydrogen-bond acceptors (Lipinski definition) is 5. The third-order valence-electron chi connectivity index (χ3n) is 3.85. The Morgan fingerprint density at radius 3 is 2.19 bits per heavy atom. The number of sulfonamides is 1. The van der Waals surface area contributed by atoms with Gasteiger partial charge in [0.25, 0.3) is 0 Å². The molecule has 0 saturated carbocycles. The molecule has 1 aliphatic rings. The zero-order valence-corrected chi connectivity index (χ0v) is 15.2. The molecule has 0 radical (unpaired) electrons. The van der Waals surface area contributed by atoms with Crippen LogP contribution < -0.4 is 9.62 Å². The lowest BCUT2D eigenvalue weighted by atomic mass is 10.2. The van der Waals surface area contributed by atoms with Crippen molar-refractivity contribution in [3.63, 3.8) is 0 Å². The average molecular weight is 441 g/mol. The number of rotatable bonds is 5. The minimum Gasteiger partial charge on any atom is -0.353 e. The van der Waals surface area contributed by atoms with Crippen LogP contribution in [0.15, 0.2) is 12.3 Å². The lowest BCUT2D eigenvalue weighted by molar-refractivity contribution is -0.137. The Hall–Kier alpha value is -1.31. The summed E-state index contributed by atoms with van der Waals surface area (Å²) < 4.78 is 97.8. The molecule has 27 heavy (non-hydrogen) atoms. The highest BCUT2D eigenvalue weighted by atomic mass is 35.5. The Morgan fingerprint density at radius 2 is 1.70 bits per heavy atom. The highest BCUT2D eigenvalue weighted by molar-refractivity contribution is 7.90. The van der Waals surface area contributed by atoms with Crippen molar-refractivity contribution in [2.24, 2.45) is 0 Å². The molecule has 14 heteroatoms. The quantitative estimate of drug-likeness (QED) is 0.712. The minimum atomic E-state index is -5.38. The number of hydrogen-bond donors (Lipinski definition) is 1. The summed E-state index contributed by atoms with van der Waals surface area (Å²) in [6.07, 6.45) is -3.88. The first kappa shape index (κ1) is 22.0. The van der Waals surface area contributed by atoms with E-state index in [1.165, 1.54) is 4.72 Å². The van der Waals surface area contributed by atoms with Crippen LogP contribution in [-0.2, 0) is 16.2 Å². The monoisotopic (exact) mass is 440 g/mol. The number of nitrogens with one attached hydrogen (secondary N) is 1. The van der Waals surface area contributed by atoms with E-state index < -0.39 is 33.8 Å². The van der Waals surface area contributed by atoms with E-state index in [0.717, 1.165) is 6.07 Å². The van der Waals surface area contributed by atoms with Crippen molar-refractivity contribution >= 4 is 27.4 Å². The summed E-state index contributed by atoms with van der Waals surface area (Å²) in [7, 11) is -5.38. The summed E-state index contributed by atoms with van der Waals surface area (Å²) >= 11 is 5.88. The fraction of sp³-hybridized carbons (Fsp3) is 0.615. The van der Waals surface area contributed by atoms with Crippen molar-refractivity contribution in [1.29, 1.82) is 0 Å². The van der Waals surface area contributed by atoms with Crippen molar-refractivity contribution in [2.75, 3.05) is 44.2 Å². The van der Waals surface area contributed by atoms with Crippen molar-refractivity contribution < 1.29 is 34.8 Å². The Bertz CT molecular complexity index is 763. The first-order chi connectivity index (χ1) is 12.3. The standard InChI is InChI=1S/C13H15ClF6N4O2S/c14-10-7-9(12(15,16)17)8-21-11(10)24-5-3-23(4-6-24)2-1-22-27(25,26)13(18,19)20/h7-8,22H,1-6H2. The van der Waals surface area contributed by atoms with Crippen LogP contribution in [0.1, 0.15) is 5.56 Å². The first-order valence-corrected chi connectivity index (χ1v) is 9.43. The predicted octanol–water partition coefficient (Wildman–Crippen LogP) is 2.32. The fourth-order valence-corrected chi connectivity index (χ4v) is 3.23. The Kier molecular flexibility index (Phi) is 6.49. The van der Waals surface area contributed by atoms with Crippen LogP contribution in [0.3, 0.4) is 0 Å². The van der Waals surface area contributed by atoms with Crippen LogP contribution in [0.2, 0.25) is 5.02 Å². The van der Waals surface area contributed by atoms with Gasteiger partial charge in [0.15, 0.2) is 0 Å². The predicted molar refractivity (Wildman–Crippen MR) is 85.9 cm³/mol. The molecule has 1 N–H and O–H groups in total. The normalized spacial score (nSPS) is 17.4. The Balaban J connectivity index is 1.87.